The zero-order chi connectivity index (χ0) is 19.2. The summed E-state index contributed by atoms with van der Waals surface area (Å²) in [7, 11) is 4.09. The van der Waals surface area contributed by atoms with Gasteiger partial charge in [-0.2, -0.15) is 5.10 Å². The molecular formula is C22H26N4O. The number of aryl methyl sites for hydroxylation is 1. The van der Waals surface area contributed by atoms with Crippen molar-refractivity contribution in [3.63, 3.8) is 0 Å². The molecule has 0 aliphatic rings. The van der Waals surface area contributed by atoms with Crippen molar-refractivity contribution in [3.05, 3.63) is 77.6 Å². The standard InChI is InChI=1S/C22H26N4O/c1-4-26-16-21(14-24-26)19-8-10-20(11-9-19)22(27)23-13-17-6-5-7-18(12-17)15-25(2)3/h5-12,14,16H,4,13,15H2,1-3H3,(H,23,27). The molecule has 0 spiro atoms. The van der Waals surface area contributed by atoms with Crippen LogP contribution in [0.2, 0.25) is 0 Å². The molecule has 0 bridgehead atoms. The summed E-state index contributed by atoms with van der Waals surface area (Å²) < 4.78 is 1.89. The zero-order valence-corrected chi connectivity index (χ0v) is 16.1. The van der Waals surface area contributed by atoms with E-state index in [-0.39, 0.29) is 5.91 Å². The maximum atomic E-state index is 12.4. The van der Waals surface area contributed by atoms with E-state index < -0.39 is 0 Å². The first kappa shape index (κ1) is 18.9. The molecule has 140 valence electrons. The largest absolute Gasteiger partial charge is 0.348 e. The monoisotopic (exact) mass is 362 g/mol. The van der Waals surface area contributed by atoms with E-state index in [2.05, 4.69) is 34.4 Å². The second-order valence-electron chi connectivity index (χ2n) is 6.90. The summed E-state index contributed by atoms with van der Waals surface area (Å²) in [6, 6.07) is 15.9. The molecule has 1 N–H and O–H groups in total. The van der Waals surface area contributed by atoms with Gasteiger partial charge in [0.05, 0.1) is 6.20 Å². The van der Waals surface area contributed by atoms with Gasteiger partial charge in [-0.25, -0.2) is 0 Å². The lowest BCUT2D eigenvalue weighted by Crippen LogP contribution is -2.22. The van der Waals surface area contributed by atoms with Crippen molar-refractivity contribution in [2.24, 2.45) is 0 Å². The van der Waals surface area contributed by atoms with Crippen LogP contribution in [-0.2, 0) is 19.6 Å². The van der Waals surface area contributed by atoms with Crippen molar-refractivity contribution in [1.82, 2.24) is 20.0 Å². The van der Waals surface area contributed by atoms with Crippen LogP contribution in [0, 0.1) is 0 Å². The molecule has 0 radical (unpaired) electrons. The van der Waals surface area contributed by atoms with Gasteiger partial charge >= 0.3 is 0 Å². The smallest absolute Gasteiger partial charge is 0.251 e. The molecular weight excluding hydrogens is 336 g/mol. The molecule has 1 aromatic heterocycles. The van der Waals surface area contributed by atoms with E-state index in [1.165, 1.54) is 5.56 Å². The first-order valence-corrected chi connectivity index (χ1v) is 9.19. The van der Waals surface area contributed by atoms with Crippen molar-refractivity contribution in [1.29, 1.82) is 0 Å². The number of carbonyl (C=O) groups excluding carboxylic acids is 1. The lowest BCUT2D eigenvalue weighted by atomic mass is 10.1. The van der Waals surface area contributed by atoms with E-state index in [0.717, 1.165) is 29.8 Å². The molecule has 0 aliphatic heterocycles. The van der Waals surface area contributed by atoms with E-state index >= 15 is 0 Å². The number of benzene rings is 2. The maximum absolute atomic E-state index is 12.4. The minimum absolute atomic E-state index is 0.0659. The maximum Gasteiger partial charge on any atom is 0.251 e. The first-order valence-electron chi connectivity index (χ1n) is 9.19. The predicted octanol–water partition coefficient (Wildman–Crippen LogP) is 3.56. The zero-order valence-electron chi connectivity index (χ0n) is 16.1. The average Bonchev–Trinajstić information content (AvgIpc) is 3.15. The van der Waals surface area contributed by atoms with Crippen molar-refractivity contribution in [2.75, 3.05) is 14.1 Å². The summed E-state index contributed by atoms with van der Waals surface area (Å²) in [6.45, 7) is 4.31. The number of hydrogen-bond acceptors (Lipinski definition) is 3. The van der Waals surface area contributed by atoms with Crippen molar-refractivity contribution >= 4 is 5.91 Å². The Balaban J connectivity index is 1.61. The Morgan fingerprint density at radius 1 is 1.07 bits per heavy atom. The summed E-state index contributed by atoms with van der Waals surface area (Å²) in [5, 5.41) is 7.29. The predicted molar refractivity (Wildman–Crippen MR) is 108 cm³/mol. The Kier molecular flexibility index (Phi) is 6.04. The topological polar surface area (TPSA) is 50.2 Å². The van der Waals surface area contributed by atoms with Crippen LogP contribution in [0.4, 0.5) is 0 Å². The number of amides is 1. The van der Waals surface area contributed by atoms with Gasteiger partial charge in [0.25, 0.3) is 5.91 Å². The minimum Gasteiger partial charge on any atom is -0.348 e. The van der Waals surface area contributed by atoms with Gasteiger partial charge in [0.15, 0.2) is 0 Å². The summed E-state index contributed by atoms with van der Waals surface area (Å²) in [6.07, 6.45) is 3.86. The second kappa shape index (κ2) is 8.64. The van der Waals surface area contributed by atoms with Crippen molar-refractivity contribution in [3.8, 4) is 11.1 Å². The third-order valence-electron chi connectivity index (χ3n) is 4.38. The van der Waals surface area contributed by atoms with Gasteiger partial charge in [0.1, 0.15) is 0 Å². The van der Waals surface area contributed by atoms with Crippen LogP contribution >= 0.6 is 0 Å². The molecule has 0 saturated heterocycles. The highest BCUT2D eigenvalue weighted by Gasteiger charge is 2.07. The van der Waals surface area contributed by atoms with Gasteiger partial charge in [-0.1, -0.05) is 36.4 Å². The molecule has 1 amide bonds. The Morgan fingerprint density at radius 3 is 2.48 bits per heavy atom. The van der Waals surface area contributed by atoms with Crippen LogP contribution in [0.15, 0.2) is 60.9 Å². The van der Waals surface area contributed by atoms with E-state index in [9.17, 15) is 4.79 Å². The Bertz CT molecular complexity index is 897. The molecule has 27 heavy (non-hydrogen) atoms. The normalized spacial score (nSPS) is 11.0. The highest BCUT2D eigenvalue weighted by atomic mass is 16.1. The van der Waals surface area contributed by atoms with Crippen molar-refractivity contribution < 1.29 is 4.79 Å². The average molecular weight is 362 g/mol. The van der Waals surface area contributed by atoms with Crippen LogP contribution in [0.5, 0.6) is 0 Å². The molecule has 2 aromatic carbocycles. The summed E-state index contributed by atoms with van der Waals surface area (Å²) in [4.78, 5) is 14.6. The van der Waals surface area contributed by atoms with Gasteiger partial charge in [0, 0.05) is 37.0 Å². The third-order valence-corrected chi connectivity index (χ3v) is 4.38. The molecule has 5 nitrogen and oxygen atoms in total. The number of carbonyl (C=O) groups is 1. The fourth-order valence-electron chi connectivity index (χ4n) is 2.99. The molecule has 3 aromatic rings. The highest BCUT2D eigenvalue weighted by molar-refractivity contribution is 5.94. The molecule has 0 aliphatic carbocycles. The number of nitrogens with zero attached hydrogens (tertiary/aromatic N) is 3. The number of aromatic nitrogens is 2. The lowest BCUT2D eigenvalue weighted by Gasteiger charge is -2.11. The molecule has 1 heterocycles. The molecule has 0 unspecified atom stereocenters. The van der Waals surface area contributed by atoms with Gasteiger partial charge < -0.3 is 10.2 Å². The fourth-order valence-corrected chi connectivity index (χ4v) is 2.99. The van der Waals surface area contributed by atoms with Gasteiger partial charge in [-0.3, -0.25) is 9.48 Å². The van der Waals surface area contributed by atoms with Crippen LogP contribution in [0.1, 0.15) is 28.4 Å². The number of rotatable bonds is 7. The van der Waals surface area contributed by atoms with Crippen LogP contribution in [0.25, 0.3) is 11.1 Å². The molecule has 0 atom stereocenters. The van der Waals surface area contributed by atoms with E-state index in [1.54, 1.807) is 0 Å². The van der Waals surface area contributed by atoms with E-state index in [0.29, 0.717) is 12.1 Å². The van der Waals surface area contributed by atoms with E-state index in [1.807, 2.05) is 67.6 Å². The minimum atomic E-state index is -0.0659. The summed E-state index contributed by atoms with van der Waals surface area (Å²) >= 11 is 0. The van der Waals surface area contributed by atoms with Crippen LogP contribution in [0.3, 0.4) is 0 Å². The Hall–Kier alpha value is -2.92. The van der Waals surface area contributed by atoms with Crippen LogP contribution in [-0.4, -0.2) is 34.7 Å². The van der Waals surface area contributed by atoms with E-state index in [4.69, 9.17) is 0 Å². The highest BCUT2D eigenvalue weighted by Crippen LogP contribution is 2.19. The molecule has 5 heteroatoms. The number of hydrogen-bond donors (Lipinski definition) is 1. The Morgan fingerprint density at radius 2 is 1.81 bits per heavy atom. The van der Waals surface area contributed by atoms with Crippen molar-refractivity contribution in [2.45, 2.75) is 26.6 Å². The van der Waals surface area contributed by atoms with Gasteiger partial charge in [-0.15, -0.1) is 0 Å². The second-order valence-corrected chi connectivity index (χ2v) is 6.90. The molecule has 3 rings (SSSR count). The van der Waals surface area contributed by atoms with Gasteiger partial charge in [-0.05, 0) is 49.8 Å². The lowest BCUT2D eigenvalue weighted by molar-refractivity contribution is 0.0951. The first-order chi connectivity index (χ1) is 13.0. The summed E-state index contributed by atoms with van der Waals surface area (Å²) in [5.41, 5.74) is 5.12. The molecule has 0 saturated carbocycles. The quantitative estimate of drug-likeness (QED) is 0.699. The summed E-state index contributed by atoms with van der Waals surface area (Å²) in [5.74, 6) is -0.0659. The van der Waals surface area contributed by atoms with Crippen LogP contribution < -0.4 is 5.32 Å². The fraction of sp³-hybridized carbons (Fsp3) is 0.273. The SMILES string of the molecule is CCn1cc(-c2ccc(C(=O)NCc3cccc(CN(C)C)c3)cc2)cn1. The van der Waals surface area contributed by atoms with Gasteiger partial charge in [0.2, 0.25) is 0 Å². The number of nitrogens with one attached hydrogen (secondary N) is 1. The Labute approximate surface area is 160 Å². The third kappa shape index (κ3) is 5.05. The molecule has 0 fully saturated rings.